The number of rotatable bonds is 1. The Balaban J connectivity index is 2.32. The van der Waals surface area contributed by atoms with Crippen molar-refractivity contribution in [2.24, 2.45) is 0 Å². The molecule has 0 saturated heterocycles. The predicted octanol–water partition coefficient (Wildman–Crippen LogP) is 2.58. The first kappa shape index (κ1) is 12.1. The van der Waals surface area contributed by atoms with Gasteiger partial charge in [0.05, 0.1) is 5.39 Å². The van der Waals surface area contributed by atoms with Crippen molar-refractivity contribution in [3.8, 4) is 28.6 Å². The van der Waals surface area contributed by atoms with Gasteiger partial charge in [0.2, 0.25) is 11.2 Å². The summed E-state index contributed by atoms with van der Waals surface area (Å²) in [6, 6.07) is 9.99. The molecule has 0 bridgehead atoms. The van der Waals surface area contributed by atoms with Crippen molar-refractivity contribution < 1.29 is 19.7 Å². The summed E-state index contributed by atoms with van der Waals surface area (Å²) in [5.41, 5.74) is 0.103. The summed E-state index contributed by atoms with van der Waals surface area (Å²) in [6.07, 6.45) is 0. The average Bonchev–Trinajstić information content (AvgIpc) is 2.44. The fourth-order valence-corrected chi connectivity index (χ4v) is 1.98. The lowest BCUT2D eigenvalue weighted by atomic mass is 10.1. The summed E-state index contributed by atoms with van der Waals surface area (Å²) in [4.78, 5) is 12.1. The Morgan fingerprint density at radius 1 is 0.850 bits per heavy atom. The monoisotopic (exact) mass is 270 g/mol. The van der Waals surface area contributed by atoms with Crippen molar-refractivity contribution in [1.29, 1.82) is 0 Å². The molecule has 0 aliphatic heterocycles. The van der Waals surface area contributed by atoms with Gasteiger partial charge in [-0.25, -0.2) is 0 Å². The fraction of sp³-hybridized carbons (Fsp3) is 0. The summed E-state index contributed by atoms with van der Waals surface area (Å²) in [5, 5.41) is 28.7. The first-order chi connectivity index (χ1) is 9.56. The van der Waals surface area contributed by atoms with Gasteiger partial charge in [-0.2, -0.15) is 0 Å². The van der Waals surface area contributed by atoms with Gasteiger partial charge >= 0.3 is 0 Å². The SMILES string of the molecule is O=c1c(O)c(-c2ccc(O)cc2)oc2ccc(O)cc12. The second-order valence-electron chi connectivity index (χ2n) is 4.34. The molecule has 3 N–H and O–H groups in total. The van der Waals surface area contributed by atoms with E-state index in [9.17, 15) is 20.1 Å². The minimum absolute atomic E-state index is 0.0215. The van der Waals surface area contributed by atoms with Gasteiger partial charge in [0.1, 0.15) is 17.1 Å². The molecule has 5 nitrogen and oxygen atoms in total. The highest BCUT2D eigenvalue weighted by Gasteiger charge is 2.15. The minimum Gasteiger partial charge on any atom is -0.508 e. The largest absolute Gasteiger partial charge is 0.508 e. The lowest BCUT2D eigenvalue weighted by Crippen LogP contribution is -2.02. The highest BCUT2D eigenvalue weighted by atomic mass is 16.4. The normalized spacial score (nSPS) is 10.8. The maximum atomic E-state index is 12.1. The zero-order chi connectivity index (χ0) is 14.3. The molecule has 3 rings (SSSR count). The van der Waals surface area contributed by atoms with Crippen LogP contribution >= 0.6 is 0 Å². The van der Waals surface area contributed by atoms with Crippen LogP contribution in [-0.4, -0.2) is 15.3 Å². The Morgan fingerprint density at radius 2 is 1.50 bits per heavy atom. The molecule has 0 atom stereocenters. The van der Waals surface area contributed by atoms with Gasteiger partial charge in [-0.3, -0.25) is 4.79 Å². The van der Waals surface area contributed by atoms with Gasteiger partial charge in [0.15, 0.2) is 5.76 Å². The molecule has 100 valence electrons. The van der Waals surface area contributed by atoms with E-state index >= 15 is 0 Å². The summed E-state index contributed by atoms with van der Waals surface area (Å²) in [7, 11) is 0. The number of fused-ring (bicyclic) bond motifs is 1. The lowest BCUT2D eigenvalue weighted by molar-refractivity contribution is 0.448. The van der Waals surface area contributed by atoms with Crippen LogP contribution in [0, 0.1) is 0 Å². The molecule has 0 amide bonds. The van der Waals surface area contributed by atoms with Crippen molar-refractivity contribution >= 4 is 11.0 Å². The van der Waals surface area contributed by atoms with Crippen LogP contribution in [0.15, 0.2) is 51.7 Å². The van der Waals surface area contributed by atoms with Crippen LogP contribution in [0.25, 0.3) is 22.3 Å². The van der Waals surface area contributed by atoms with Crippen molar-refractivity contribution in [2.45, 2.75) is 0 Å². The standard InChI is InChI=1S/C15H10O5/c16-9-3-1-8(2-4-9)15-14(19)13(18)11-7-10(17)5-6-12(11)20-15/h1-7,16-17,19H. The van der Waals surface area contributed by atoms with E-state index in [0.717, 1.165) is 0 Å². The van der Waals surface area contributed by atoms with Crippen molar-refractivity contribution in [1.82, 2.24) is 0 Å². The zero-order valence-corrected chi connectivity index (χ0v) is 10.2. The molecule has 1 aromatic heterocycles. The molecule has 0 saturated carbocycles. The van der Waals surface area contributed by atoms with E-state index in [-0.39, 0.29) is 28.2 Å². The number of hydrogen-bond acceptors (Lipinski definition) is 5. The predicted molar refractivity (Wildman–Crippen MR) is 72.9 cm³/mol. The molecule has 0 aliphatic rings. The second kappa shape index (κ2) is 4.31. The molecule has 20 heavy (non-hydrogen) atoms. The van der Waals surface area contributed by atoms with Gasteiger partial charge in [-0.15, -0.1) is 0 Å². The summed E-state index contributed by atoms with van der Waals surface area (Å²) in [5.74, 6) is -0.523. The number of phenols is 2. The Morgan fingerprint density at radius 3 is 2.20 bits per heavy atom. The van der Waals surface area contributed by atoms with Crippen LogP contribution in [0.4, 0.5) is 0 Å². The molecule has 0 fully saturated rings. The third-order valence-electron chi connectivity index (χ3n) is 2.98. The van der Waals surface area contributed by atoms with Crippen molar-refractivity contribution in [3.05, 3.63) is 52.7 Å². The Kier molecular flexibility index (Phi) is 2.61. The number of benzene rings is 2. The molecule has 3 aromatic rings. The Labute approximate surface area is 113 Å². The molecule has 2 aromatic carbocycles. The van der Waals surface area contributed by atoms with Crippen LogP contribution in [0.1, 0.15) is 0 Å². The van der Waals surface area contributed by atoms with Gasteiger partial charge in [0.25, 0.3) is 0 Å². The van der Waals surface area contributed by atoms with E-state index in [1.165, 1.54) is 42.5 Å². The highest BCUT2D eigenvalue weighted by Crippen LogP contribution is 2.31. The minimum atomic E-state index is -0.620. The van der Waals surface area contributed by atoms with Crippen LogP contribution < -0.4 is 5.43 Å². The molecule has 5 heteroatoms. The molecule has 1 heterocycles. The van der Waals surface area contributed by atoms with E-state index in [2.05, 4.69) is 0 Å². The van der Waals surface area contributed by atoms with E-state index in [1.807, 2.05) is 0 Å². The Bertz CT molecular complexity index is 847. The highest BCUT2D eigenvalue weighted by molar-refractivity contribution is 5.82. The van der Waals surface area contributed by atoms with E-state index < -0.39 is 11.2 Å². The first-order valence-corrected chi connectivity index (χ1v) is 5.84. The fourth-order valence-electron chi connectivity index (χ4n) is 1.98. The van der Waals surface area contributed by atoms with Crippen LogP contribution in [0.3, 0.4) is 0 Å². The Hall–Kier alpha value is -2.95. The third kappa shape index (κ3) is 1.85. The number of hydrogen-bond donors (Lipinski definition) is 3. The van der Waals surface area contributed by atoms with E-state index in [4.69, 9.17) is 4.42 Å². The molecule has 0 aliphatic carbocycles. The van der Waals surface area contributed by atoms with Crippen molar-refractivity contribution in [3.63, 3.8) is 0 Å². The summed E-state index contributed by atoms with van der Waals surface area (Å²) < 4.78 is 5.51. The van der Waals surface area contributed by atoms with Gasteiger partial charge in [-0.05, 0) is 42.5 Å². The molecule has 0 spiro atoms. The maximum absolute atomic E-state index is 12.1. The molecule has 0 radical (unpaired) electrons. The quantitative estimate of drug-likeness (QED) is 0.632. The number of phenolic OH excluding ortho intramolecular Hbond substituents is 2. The lowest BCUT2D eigenvalue weighted by Gasteiger charge is -2.06. The second-order valence-corrected chi connectivity index (χ2v) is 4.34. The van der Waals surface area contributed by atoms with Crippen LogP contribution in [0.5, 0.6) is 17.2 Å². The van der Waals surface area contributed by atoms with Crippen LogP contribution in [-0.2, 0) is 0 Å². The summed E-state index contributed by atoms with van der Waals surface area (Å²) >= 11 is 0. The third-order valence-corrected chi connectivity index (χ3v) is 2.98. The molecular formula is C15H10O5. The van der Waals surface area contributed by atoms with Crippen molar-refractivity contribution in [2.75, 3.05) is 0 Å². The maximum Gasteiger partial charge on any atom is 0.235 e. The van der Waals surface area contributed by atoms with Crippen LogP contribution in [0.2, 0.25) is 0 Å². The topological polar surface area (TPSA) is 90.9 Å². The van der Waals surface area contributed by atoms with E-state index in [0.29, 0.717) is 5.56 Å². The molecule has 0 unspecified atom stereocenters. The zero-order valence-electron chi connectivity index (χ0n) is 10.2. The summed E-state index contributed by atoms with van der Waals surface area (Å²) in [6.45, 7) is 0. The van der Waals surface area contributed by atoms with E-state index in [1.54, 1.807) is 0 Å². The van der Waals surface area contributed by atoms with Gasteiger partial charge in [0, 0.05) is 5.56 Å². The molecular weight excluding hydrogens is 260 g/mol. The number of aromatic hydroxyl groups is 3. The average molecular weight is 270 g/mol. The first-order valence-electron chi connectivity index (χ1n) is 5.84. The smallest absolute Gasteiger partial charge is 0.235 e. The van der Waals surface area contributed by atoms with Gasteiger partial charge in [-0.1, -0.05) is 0 Å². The van der Waals surface area contributed by atoms with Gasteiger partial charge < -0.3 is 19.7 Å².